The Morgan fingerprint density at radius 3 is 2.75 bits per heavy atom. The van der Waals surface area contributed by atoms with Crippen molar-refractivity contribution in [1.82, 2.24) is 9.97 Å². The number of nitrogens with one attached hydrogen (secondary N) is 1. The summed E-state index contributed by atoms with van der Waals surface area (Å²) in [7, 11) is 1.60. The van der Waals surface area contributed by atoms with Gasteiger partial charge in [-0.05, 0) is 36.8 Å². The van der Waals surface area contributed by atoms with Crippen molar-refractivity contribution in [1.29, 1.82) is 0 Å². The van der Waals surface area contributed by atoms with Gasteiger partial charge in [-0.15, -0.1) is 0 Å². The minimum Gasteiger partial charge on any atom is -0.496 e. The van der Waals surface area contributed by atoms with Gasteiger partial charge in [0.15, 0.2) is 0 Å². The van der Waals surface area contributed by atoms with Gasteiger partial charge in [-0.3, -0.25) is 4.79 Å². The number of aromatic nitrogens is 2. The van der Waals surface area contributed by atoms with E-state index in [0.717, 1.165) is 11.1 Å². The summed E-state index contributed by atoms with van der Waals surface area (Å²) in [5, 5.41) is 0.592. The number of hydrogen-bond donors (Lipinski definition) is 1. The maximum Gasteiger partial charge on any atom is 0.259 e. The van der Waals surface area contributed by atoms with Crippen molar-refractivity contribution >= 4 is 10.9 Å². The van der Waals surface area contributed by atoms with Gasteiger partial charge in [0.1, 0.15) is 11.6 Å². The predicted octanol–water partition coefficient (Wildman–Crippen LogP) is 2.91. The Bertz CT molecular complexity index is 837. The highest BCUT2D eigenvalue weighted by Gasteiger charge is 2.10. The van der Waals surface area contributed by atoms with Crippen LogP contribution in [0.15, 0.2) is 47.3 Å². The van der Waals surface area contributed by atoms with Gasteiger partial charge in [0.25, 0.3) is 5.56 Å². The zero-order valence-electron chi connectivity index (χ0n) is 11.3. The summed E-state index contributed by atoms with van der Waals surface area (Å²) < 4.78 is 5.31. The first-order chi connectivity index (χ1) is 9.69. The Kier molecular flexibility index (Phi) is 2.99. The van der Waals surface area contributed by atoms with Gasteiger partial charge in [-0.1, -0.05) is 18.2 Å². The molecule has 0 amide bonds. The molecule has 20 heavy (non-hydrogen) atoms. The first-order valence-electron chi connectivity index (χ1n) is 6.33. The minimum atomic E-state index is -0.143. The molecule has 0 aliphatic rings. The second kappa shape index (κ2) is 4.81. The van der Waals surface area contributed by atoms with Crippen molar-refractivity contribution in [2.75, 3.05) is 7.11 Å². The van der Waals surface area contributed by atoms with E-state index in [9.17, 15) is 4.79 Å². The number of para-hydroxylation sites is 1. The zero-order chi connectivity index (χ0) is 14.1. The molecule has 1 heterocycles. The number of rotatable bonds is 2. The van der Waals surface area contributed by atoms with E-state index in [2.05, 4.69) is 9.97 Å². The second-order valence-electron chi connectivity index (χ2n) is 4.64. The van der Waals surface area contributed by atoms with Crippen LogP contribution in [0.25, 0.3) is 22.3 Å². The van der Waals surface area contributed by atoms with Crippen LogP contribution in [0.5, 0.6) is 5.75 Å². The molecule has 4 heteroatoms. The SMILES string of the molecule is COc1ccccc1-c1nc2cc(C)ccc2c(=O)[nH]1. The number of benzene rings is 2. The molecule has 0 saturated heterocycles. The quantitative estimate of drug-likeness (QED) is 0.776. The molecule has 0 aliphatic heterocycles. The van der Waals surface area contributed by atoms with Crippen LogP contribution in [0.1, 0.15) is 5.56 Å². The van der Waals surface area contributed by atoms with E-state index in [-0.39, 0.29) is 5.56 Å². The van der Waals surface area contributed by atoms with Crippen molar-refractivity contribution in [2.24, 2.45) is 0 Å². The summed E-state index contributed by atoms with van der Waals surface area (Å²) in [6, 6.07) is 13.1. The molecule has 3 aromatic rings. The van der Waals surface area contributed by atoms with Crippen molar-refractivity contribution in [3.8, 4) is 17.1 Å². The molecule has 0 fully saturated rings. The number of H-pyrrole nitrogens is 1. The molecule has 0 aliphatic carbocycles. The van der Waals surface area contributed by atoms with Crippen LogP contribution in [0.2, 0.25) is 0 Å². The Morgan fingerprint density at radius 2 is 1.95 bits per heavy atom. The summed E-state index contributed by atoms with van der Waals surface area (Å²) in [4.78, 5) is 19.5. The lowest BCUT2D eigenvalue weighted by molar-refractivity contribution is 0.416. The van der Waals surface area contributed by atoms with Gasteiger partial charge in [-0.25, -0.2) is 4.98 Å². The summed E-state index contributed by atoms with van der Waals surface area (Å²) in [6.07, 6.45) is 0. The maximum absolute atomic E-state index is 12.1. The number of hydrogen-bond acceptors (Lipinski definition) is 3. The highest BCUT2D eigenvalue weighted by Crippen LogP contribution is 2.26. The molecule has 3 rings (SSSR count). The zero-order valence-corrected chi connectivity index (χ0v) is 11.3. The molecule has 2 aromatic carbocycles. The van der Waals surface area contributed by atoms with Crippen LogP contribution < -0.4 is 10.3 Å². The molecule has 4 nitrogen and oxygen atoms in total. The Balaban J connectivity index is 2.29. The molecule has 100 valence electrons. The third kappa shape index (κ3) is 2.05. The molecular formula is C16H14N2O2. The van der Waals surface area contributed by atoms with E-state index in [1.54, 1.807) is 13.2 Å². The monoisotopic (exact) mass is 266 g/mol. The van der Waals surface area contributed by atoms with Gasteiger partial charge in [0.2, 0.25) is 0 Å². The van der Waals surface area contributed by atoms with E-state index in [0.29, 0.717) is 22.5 Å². The summed E-state index contributed by atoms with van der Waals surface area (Å²) >= 11 is 0. The van der Waals surface area contributed by atoms with Crippen molar-refractivity contribution < 1.29 is 4.74 Å². The van der Waals surface area contributed by atoms with E-state index in [1.807, 2.05) is 43.3 Å². The number of aromatic amines is 1. The van der Waals surface area contributed by atoms with Crippen LogP contribution in [0, 0.1) is 6.92 Å². The molecule has 0 bridgehead atoms. The average molecular weight is 266 g/mol. The summed E-state index contributed by atoms with van der Waals surface area (Å²) in [6.45, 7) is 1.98. The number of methoxy groups -OCH3 is 1. The topological polar surface area (TPSA) is 55.0 Å². The second-order valence-corrected chi connectivity index (χ2v) is 4.64. The van der Waals surface area contributed by atoms with Gasteiger partial charge in [-0.2, -0.15) is 0 Å². The van der Waals surface area contributed by atoms with Crippen molar-refractivity contribution in [3.63, 3.8) is 0 Å². The fourth-order valence-electron chi connectivity index (χ4n) is 2.22. The molecule has 0 atom stereocenters. The maximum atomic E-state index is 12.1. The minimum absolute atomic E-state index is 0.143. The third-order valence-electron chi connectivity index (χ3n) is 3.22. The lowest BCUT2D eigenvalue weighted by atomic mass is 10.1. The van der Waals surface area contributed by atoms with Gasteiger partial charge in [0.05, 0.1) is 23.6 Å². The van der Waals surface area contributed by atoms with Crippen LogP contribution >= 0.6 is 0 Å². The van der Waals surface area contributed by atoms with Crippen molar-refractivity contribution in [3.05, 3.63) is 58.4 Å². The Hall–Kier alpha value is -2.62. The van der Waals surface area contributed by atoms with Gasteiger partial charge >= 0.3 is 0 Å². The molecule has 1 aromatic heterocycles. The van der Waals surface area contributed by atoms with Gasteiger partial charge in [0, 0.05) is 0 Å². The average Bonchev–Trinajstić information content (AvgIpc) is 2.46. The van der Waals surface area contributed by atoms with E-state index in [1.165, 1.54) is 0 Å². The van der Waals surface area contributed by atoms with E-state index >= 15 is 0 Å². The Morgan fingerprint density at radius 1 is 1.15 bits per heavy atom. The summed E-state index contributed by atoms with van der Waals surface area (Å²) in [5.74, 6) is 1.20. The van der Waals surface area contributed by atoms with Gasteiger partial charge < -0.3 is 9.72 Å². The highest BCUT2D eigenvalue weighted by molar-refractivity contribution is 5.80. The molecule has 0 spiro atoms. The number of ether oxygens (including phenoxy) is 1. The highest BCUT2D eigenvalue weighted by atomic mass is 16.5. The fraction of sp³-hybridized carbons (Fsp3) is 0.125. The number of fused-ring (bicyclic) bond motifs is 1. The summed E-state index contributed by atoms with van der Waals surface area (Å²) in [5.41, 5.74) is 2.39. The first-order valence-corrected chi connectivity index (χ1v) is 6.33. The number of nitrogens with zero attached hydrogens (tertiary/aromatic N) is 1. The predicted molar refractivity (Wildman–Crippen MR) is 79.1 cm³/mol. The van der Waals surface area contributed by atoms with Crippen LogP contribution in [-0.4, -0.2) is 17.1 Å². The van der Waals surface area contributed by atoms with E-state index in [4.69, 9.17) is 4.74 Å². The third-order valence-corrected chi connectivity index (χ3v) is 3.22. The number of aryl methyl sites for hydroxylation is 1. The normalized spacial score (nSPS) is 10.7. The molecule has 0 saturated carbocycles. The van der Waals surface area contributed by atoms with Crippen LogP contribution in [0.3, 0.4) is 0 Å². The van der Waals surface area contributed by atoms with Crippen molar-refractivity contribution in [2.45, 2.75) is 6.92 Å². The molecular weight excluding hydrogens is 252 g/mol. The van der Waals surface area contributed by atoms with E-state index < -0.39 is 0 Å². The largest absolute Gasteiger partial charge is 0.496 e. The lowest BCUT2D eigenvalue weighted by Gasteiger charge is -2.08. The first kappa shape index (κ1) is 12.4. The fourth-order valence-corrected chi connectivity index (χ4v) is 2.22. The smallest absolute Gasteiger partial charge is 0.259 e. The van der Waals surface area contributed by atoms with Crippen LogP contribution in [0.4, 0.5) is 0 Å². The Labute approximate surface area is 116 Å². The molecule has 0 radical (unpaired) electrons. The standard InChI is InChI=1S/C16H14N2O2/c1-10-7-8-11-13(9-10)17-15(18-16(11)19)12-5-3-4-6-14(12)20-2/h3-9H,1-2H3,(H,17,18,19). The lowest BCUT2D eigenvalue weighted by Crippen LogP contribution is -2.10. The molecule has 0 unspecified atom stereocenters. The van der Waals surface area contributed by atoms with Crippen LogP contribution in [-0.2, 0) is 0 Å². The molecule has 1 N–H and O–H groups in total.